The molecule has 4 heterocycles. The Bertz CT molecular complexity index is 1290. The topological polar surface area (TPSA) is 61.8 Å². The van der Waals surface area contributed by atoms with Crippen molar-refractivity contribution in [2.24, 2.45) is 10.9 Å². The van der Waals surface area contributed by atoms with Crippen molar-refractivity contribution in [2.75, 3.05) is 6.54 Å². The number of amides is 2. The summed E-state index contributed by atoms with van der Waals surface area (Å²) >= 11 is 3.59. The van der Waals surface area contributed by atoms with E-state index in [9.17, 15) is 9.59 Å². The summed E-state index contributed by atoms with van der Waals surface area (Å²) in [5.41, 5.74) is 6.09. The van der Waals surface area contributed by atoms with Gasteiger partial charge in [0, 0.05) is 53.7 Å². The lowest BCUT2D eigenvalue weighted by Gasteiger charge is -2.31. The molecule has 1 fully saturated rings. The SMILES string of the molecule is CC(=O)N[C@H](C(=O)N1CCCC1C1=NC=C(c2csc3c(-c4ccccc4)csc23)C1)C(C)C. The average Bonchev–Trinajstić information content (AvgIpc) is 3.60. The van der Waals surface area contributed by atoms with Gasteiger partial charge in [0.2, 0.25) is 11.8 Å². The van der Waals surface area contributed by atoms with Crippen LogP contribution in [0.1, 0.15) is 45.6 Å². The molecule has 0 spiro atoms. The number of benzene rings is 1. The first-order chi connectivity index (χ1) is 16.4. The minimum absolute atomic E-state index is 0.00698. The molecule has 5 nitrogen and oxygen atoms in total. The van der Waals surface area contributed by atoms with Crippen LogP contribution in [0.4, 0.5) is 0 Å². The summed E-state index contributed by atoms with van der Waals surface area (Å²) in [7, 11) is 0. The second-order valence-corrected chi connectivity index (χ2v) is 11.1. The Kier molecular flexibility index (Phi) is 6.40. The van der Waals surface area contributed by atoms with Gasteiger partial charge < -0.3 is 10.2 Å². The molecular formula is C27H29N3O2S2. The van der Waals surface area contributed by atoms with Gasteiger partial charge in [-0.25, -0.2) is 0 Å². The molecule has 0 aliphatic carbocycles. The van der Waals surface area contributed by atoms with Gasteiger partial charge in [0.25, 0.3) is 0 Å². The van der Waals surface area contributed by atoms with Gasteiger partial charge in [-0.15, -0.1) is 22.7 Å². The predicted molar refractivity (Wildman–Crippen MR) is 142 cm³/mol. The standard InChI is InChI=1S/C27H29N3O2S2/c1-16(2)24(29-17(3)31)27(32)30-11-7-10-23(30)22-12-19(13-28-22)21-15-34-25-20(14-33-26(21)25)18-8-5-4-6-9-18/h4-6,8-9,13-16,23-24H,7,10-12H2,1-3H3,(H,29,31)/t23?,24-/m0/s1. The highest BCUT2D eigenvalue weighted by molar-refractivity contribution is 7.27. The summed E-state index contributed by atoms with van der Waals surface area (Å²) < 4.78 is 2.64. The number of fused-ring (bicyclic) bond motifs is 1. The summed E-state index contributed by atoms with van der Waals surface area (Å²) in [5.74, 6) is -0.127. The second-order valence-electron chi connectivity index (χ2n) is 9.39. The van der Waals surface area contributed by atoms with E-state index in [-0.39, 0.29) is 23.8 Å². The van der Waals surface area contributed by atoms with Crippen molar-refractivity contribution in [2.45, 2.75) is 52.1 Å². The molecule has 0 radical (unpaired) electrons. The van der Waals surface area contributed by atoms with Gasteiger partial charge in [-0.2, -0.15) is 0 Å². The first-order valence-corrected chi connectivity index (χ1v) is 13.6. The largest absolute Gasteiger partial charge is 0.344 e. The van der Waals surface area contributed by atoms with E-state index in [0.29, 0.717) is 6.54 Å². The minimum Gasteiger partial charge on any atom is -0.344 e. The molecule has 3 aromatic rings. The lowest BCUT2D eigenvalue weighted by atomic mass is 9.98. The monoisotopic (exact) mass is 491 g/mol. The third kappa shape index (κ3) is 4.23. The first-order valence-electron chi connectivity index (χ1n) is 11.8. The van der Waals surface area contributed by atoms with Crippen molar-refractivity contribution < 1.29 is 9.59 Å². The van der Waals surface area contributed by atoms with Crippen molar-refractivity contribution in [3.05, 3.63) is 52.9 Å². The molecule has 2 aromatic heterocycles. The van der Waals surface area contributed by atoms with E-state index in [2.05, 4.69) is 40.3 Å². The number of aliphatic imine (C=N–C) groups is 1. The Morgan fingerprint density at radius 1 is 1.09 bits per heavy atom. The Morgan fingerprint density at radius 3 is 2.50 bits per heavy atom. The van der Waals surface area contributed by atoms with Gasteiger partial charge in [0.15, 0.2) is 0 Å². The van der Waals surface area contributed by atoms with Crippen LogP contribution in [0.5, 0.6) is 0 Å². The number of thiophene rings is 2. The number of hydrogen-bond acceptors (Lipinski definition) is 5. The summed E-state index contributed by atoms with van der Waals surface area (Å²) in [6.45, 7) is 6.14. The molecule has 34 heavy (non-hydrogen) atoms. The number of allylic oxidation sites excluding steroid dienone is 1. The normalized spacial score (nSPS) is 18.9. The fourth-order valence-corrected chi connectivity index (χ4v) is 7.45. The first kappa shape index (κ1) is 23.0. The fraction of sp³-hybridized carbons (Fsp3) is 0.370. The van der Waals surface area contributed by atoms with Gasteiger partial charge in [0.05, 0.1) is 15.4 Å². The molecule has 1 aromatic carbocycles. The third-order valence-electron chi connectivity index (χ3n) is 6.69. The van der Waals surface area contributed by atoms with E-state index in [1.165, 1.54) is 38.6 Å². The van der Waals surface area contributed by atoms with Crippen LogP contribution in [0.3, 0.4) is 0 Å². The molecule has 176 valence electrons. The van der Waals surface area contributed by atoms with Crippen LogP contribution in [0, 0.1) is 5.92 Å². The van der Waals surface area contributed by atoms with Gasteiger partial charge in [-0.3, -0.25) is 14.6 Å². The third-order valence-corrected chi connectivity index (χ3v) is 8.84. The highest BCUT2D eigenvalue weighted by atomic mass is 32.1. The maximum atomic E-state index is 13.4. The number of likely N-dealkylation sites (tertiary alicyclic amines) is 1. The maximum absolute atomic E-state index is 13.4. The predicted octanol–water partition coefficient (Wildman–Crippen LogP) is 5.97. The Labute approximate surface area is 208 Å². The summed E-state index contributed by atoms with van der Waals surface area (Å²) in [6.07, 6.45) is 4.65. The highest BCUT2D eigenvalue weighted by Gasteiger charge is 2.38. The fourth-order valence-electron chi connectivity index (χ4n) is 4.96. The minimum atomic E-state index is -0.494. The molecule has 0 bridgehead atoms. The smallest absolute Gasteiger partial charge is 0.245 e. The molecule has 2 aliphatic rings. The highest BCUT2D eigenvalue weighted by Crippen LogP contribution is 2.44. The van der Waals surface area contributed by atoms with Gasteiger partial charge in [-0.1, -0.05) is 44.2 Å². The van der Waals surface area contributed by atoms with Crippen molar-refractivity contribution in [3.63, 3.8) is 0 Å². The van der Waals surface area contributed by atoms with Crippen molar-refractivity contribution in [1.29, 1.82) is 0 Å². The van der Waals surface area contributed by atoms with Crippen LogP contribution < -0.4 is 5.32 Å². The number of nitrogens with zero attached hydrogens (tertiary/aromatic N) is 2. The van der Waals surface area contributed by atoms with E-state index in [1.807, 2.05) is 31.0 Å². The van der Waals surface area contributed by atoms with Crippen LogP contribution in [0.15, 0.2) is 52.3 Å². The summed E-state index contributed by atoms with van der Waals surface area (Å²) in [6, 6.07) is 10.0. The molecular weight excluding hydrogens is 462 g/mol. The number of rotatable bonds is 6. The summed E-state index contributed by atoms with van der Waals surface area (Å²) in [5, 5.41) is 7.36. The summed E-state index contributed by atoms with van der Waals surface area (Å²) in [4.78, 5) is 31.8. The molecule has 2 amide bonds. The molecule has 0 saturated carbocycles. The van der Waals surface area contributed by atoms with Crippen LogP contribution in [0.2, 0.25) is 0 Å². The van der Waals surface area contributed by atoms with Crippen LogP contribution in [-0.4, -0.2) is 41.1 Å². The number of hydrogen-bond donors (Lipinski definition) is 1. The van der Waals surface area contributed by atoms with E-state index in [1.54, 1.807) is 22.7 Å². The van der Waals surface area contributed by atoms with Gasteiger partial charge in [-0.05, 0) is 29.9 Å². The average molecular weight is 492 g/mol. The lowest BCUT2D eigenvalue weighted by Crippen LogP contribution is -2.53. The Hall–Kier alpha value is -2.77. The zero-order valence-corrected chi connectivity index (χ0v) is 21.3. The Morgan fingerprint density at radius 2 is 1.79 bits per heavy atom. The number of carbonyl (C=O) groups is 2. The number of carbonyl (C=O) groups excluding carboxylic acids is 2. The van der Waals surface area contributed by atoms with Crippen molar-refractivity contribution >= 4 is 55.2 Å². The van der Waals surface area contributed by atoms with Crippen LogP contribution in [-0.2, 0) is 9.59 Å². The quantitative estimate of drug-likeness (QED) is 0.462. The van der Waals surface area contributed by atoms with E-state index >= 15 is 0 Å². The van der Waals surface area contributed by atoms with Gasteiger partial charge >= 0.3 is 0 Å². The molecule has 5 rings (SSSR count). The zero-order chi connectivity index (χ0) is 23.8. The Balaban J connectivity index is 1.34. The molecule has 7 heteroatoms. The van der Waals surface area contributed by atoms with Crippen LogP contribution >= 0.6 is 22.7 Å². The molecule has 1 N–H and O–H groups in total. The van der Waals surface area contributed by atoms with Crippen molar-refractivity contribution in [1.82, 2.24) is 10.2 Å². The zero-order valence-electron chi connectivity index (χ0n) is 19.7. The maximum Gasteiger partial charge on any atom is 0.245 e. The number of nitrogens with one attached hydrogen (secondary N) is 1. The van der Waals surface area contributed by atoms with Crippen LogP contribution in [0.25, 0.3) is 26.1 Å². The van der Waals surface area contributed by atoms with Gasteiger partial charge in [0.1, 0.15) is 6.04 Å². The molecule has 1 unspecified atom stereocenters. The molecule has 1 saturated heterocycles. The molecule has 2 aliphatic heterocycles. The van der Waals surface area contributed by atoms with E-state index in [0.717, 1.165) is 25.0 Å². The van der Waals surface area contributed by atoms with E-state index < -0.39 is 6.04 Å². The van der Waals surface area contributed by atoms with E-state index in [4.69, 9.17) is 4.99 Å². The lowest BCUT2D eigenvalue weighted by molar-refractivity contribution is -0.137. The second kappa shape index (κ2) is 9.47. The van der Waals surface area contributed by atoms with Crippen molar-refractivity contribution in [3.8, 4) is 11.1 Å². The molecule has 2 atom stereocenters.